The number of pyridine rings is 1. The molecule has 2 aromatic rings. The lowest BCUT2D eigenvalue weighted by Crippen LogP contribution is -2.43. The average Bonchev–Trinajstić information content (AvgIpc) is 2.56. The fourth-order valence-corrected chi connectivity index (χ4v) is 3.34. The van der Waals surface area contributed by atoms with Gasteiger partial charge in [-0.25, -0.2) is 0 Å². The Labute approximate surface area is 126 Å². The van der Waals surface area contributed by atoms with Crippen molar-refractivity contribution in [3.8, 4) is 0 Å². The zero-order valence-electron chi connectivity index (χ0n) is 12.4. The van der Waals surface area contributed by atoms with Crippen molar-refractivity contribution in [1.29, 1.82) is 0 Å². The second-order valence-corrected chi connectivity index (χ2v) is 5.95. The molecule has 1 aromatic carbocycles. The maximum absolute atomic E-state index is 11.6. The van der Waals surface area contributed by atoms with Crippen molar-refractivity contribution < 1.29 is 5.11 Å². The van der Waals surface area contributed by atoms with Crippen LogP contribution in [0.1, 0.15) is 24.0 Å². The highest BCUT2D eigenvalue weighted by molar-refractivity contribution is 5.35. The standard InChI is InChI=1S/C18H22N2O/c1-20-12-9-16(10-13-20)18(21,15-6-3-2-4-7-15)17-8-5-11-19-14-17/h2-8,11,14,16,21H,9-10,12-13H2,1H3/t18-/m1/s1. The summed E-state index contributed by atoms with van der Waals surface area (Å²) in [6.07, 6.45) is 5.54. The highest BCUT2D eigenvalue weighted by Gasteiger charge is 2.41. The third-order valence-corrected chi connectivity index (χ3v) is 4.62. The van der Waals surface area contributed by atoms with Gasteiger partial charge in [-0.2, -0.15) is 0 Å². The van der Waals surface area contributed by atoms with Crippen molar-refractivity contribution in [2.75, 3.05) is 20.1 Å². The zero-order chi connectivity index (χ0) is 14.7. The molecule has 0 unspecified atom stereocenters. The van der Waals surface area contributed by atoms with Gasteiger partial charge in [-0.05, 0) is 50.5 Å². The largest absolute Gasteiger partial charge is 0.380 e. The first kappa shape index (κ1) is 14.2. The molecule has 1 aliphatic rings. The van der Waals surface area contributed by atoms with Gasteiger partial charge in [0.2, 0.25) is 0 Å². The first-order chi connectivity index (χ1) is 10.2. The fraction of sp³-hybridized carbons (Fsp3) is 0.389. The second kappa shape index (κ2) is 5.96. The van der Waals surface area contributed by atoms with E-state index in [1.54, 1.807) is 12.4 Å². The van der Waals surface area contributed by atoms with Gasteiger partial charge in [-0.1, -0.05) is 36.4 Å². The summed E-state index contributed by atoms with van der Waals surface area (Å²) in [7, 11) is 2.14. The van der Waals surface area contributed by atoms with E-state index in [9.17, 15) is 5.11 Å². The molecule has 2 heterocycles. The van der Waals surface area contributed by atoms with Crippen LogP contribution in [0.3, 0.4) is 0 Å². The molecular weight excluding hydrogens is 260 g/mol. The zero-order valence-corrected chi connectivity index (χ0v) is 12.4. The van der Waals surface area contributed by atoms with Gasteiger partial charge >= 0.3 is 0 Å². The minimum atomic E-state index is -0.948. The predicted molar refractivity (Wildman–Crippen MR) is 83.9 cm³/mol. The topological polar surface area (TPSA) is 36.4 Å². The van der Waals surface area contributed by atoms with Crippen LogP contribution in [-0.2, 0) is 5.60 Å². The van der Waals surface area contributed by atoms with Crippen LogP contribution < -0.4 is 0 Å². The third kappa shape index (κ3) is 2.71. The van der Waals surface area contributed by atoms with Crippen LogP contribution >= 0.6 is 0 Å². The molecule has 3 nitrogen and oxygen atoms in total. The molecule has 1 atom stereocenters. The molecule has 0 radical (unpaired) electrons. The van der Waals surface area contributed by atoms with Gasteiger partial charge in [0.15, 0.2) is 0 Å². The lowest BCUT2D eigenvalue weighted by molar-refractivity contribution is -0.0111. The molecule has 0 bridgehead atoms. The maximum Gasteiger partial charge on any atom is 0.119 e. The molecule has 110 valence electrons. The number of piperidine rings is 1. The SMILES string of the molecule is CN1CCC([C@](O)(c2ccccc2)c2cccnc2)CC1. The monoisotopic (exact) mass is 282 g/mol. The first-order valence-electron chi connectivity index (χ1n) is 7.58. The van der Waals surface area contributed by atoms with E-state index < -0.39 is 5.60 Å². The van der Waals surface area contributed by atoms with Crippen LogP contribution in [0.2, 0.25) is 0 Å². The van der Waals surface area contributed by atoms with Crippen molar-refractivity contribution in [3.05, 3.63) is 66.0 Å². The number of nitrogens with zero attached hydrogens (tertiary/aromatic N) is 2. The van der Waals surface area contributed by atoms with Gasteiger partial charge < -0.3 is 10.0 Å². The summed E-state index contributed by atoms with van der Waals surface area (Å²) < 4.78 is 0. The Morgan fingerprint density at radius 2 is 1.71 bits per heavy atom. The Balaban J connectivity index is 2.03. The van der Waals surface area contributed by atoms with Gasteiger partial charge in [-0.3, -0.25) is 4.98 Å². The van der Waals surface area contributed by atoms with Crippen molar-refractivity contribution in [2.45, 2.75) is 18.4 Å². The smallest absolute Gasteiger partial charge is 0.119 e. The van der Waals surface area contributed by atoms with Crippen molar-refractivity contribution in [3.63, 3.8) is 0 Å². The number of aliphatic hydroxyl groups is 1. The van der Waals surface area contributed by atoms with Crippen molar-refractivity contribution in [1.82, 2.24) is 9.88 Å². The molecule has 1 N–H and O–H groups in total. The molecule has 21 heavy (non-hydrogen) atoms. The van der Waals surface area contributed by atoms with E-state index in [-0.39, 0.29) is 5.92 Å². The molecular formula is C18H22N2O. The van der Waals surface area contributed by atoms with Crippen LogP contribution in [0, 0.1) is 5.92 Å². The molecule has 0 amide bonds. The average molecular weight is 282 g/mol. The molecule has 0 aliphatic carbocycles. The van der Waals surface area contributed by atoms with E-state index in [0.29, 0.717) is 0 Å². The maximum atomic E-state index is 11.6. The predicted octanol–water partition coefficient (Wildman–Crippen LogP) is 2.66. The summed E-state index contributed by atoms with van der Waals surface area (Å²) >= 11 is 0. The Bertz CT molecular complexity index is 523. The van der Waals surface area contributed by atoms with E-state index in [1.807, 2.05) is 42.5 Å². The summed E-state index contributed by atoms with van der Waals surface area (Å²) in [5.74, 6) is 0.222. The number of aromatic nitrogens is 1. The van der Waals surface area contributed by atoms with E-state index in [1.165, 1.54) is 0 Å². The Morgan fingerprint density at radius 3 is 2.33 bits per heavy atom. The van der Waals surface area contributed by atoms with E-state index >= 15 is 0 Å². The van der Waals surface area contributed by atoms with Crippen LogP contribution in [0.15, 0.2) is 54.9 Å². The number of rotatable bonds is 3. The van der Waals surface area contributed by atoms with Gasteiger partial charge in [0.1, 0.15) is 5.60 Å². The van der Waals surface area contributed by atoms with Gasteiger partial charge in [-0.15, -0.1) is 0 Å². The second-order valence-electron chi connectivity index (χ2n) is 5.95. The number of benzene rings is 1. The summed E-state index contributed by atoms with van der Waals surface area (Å²) in [6.45, 7) is 2.06. The molecule has 1 aromatic heterocycles. The fourth-order valence-electron chi connectivity index (χ4n) is 3.34. The number of likely N-dealkylation sites (tertiary alicyclic amines) is 1. The van der Waals surface area contributed by atoms with Crippen molar-refractivity contribution in [2.24, 2.45) is 5.92 Å². The Kier molecular flexibility index (Phi) is 4.04. The van der Waals surface area contributed by atoms with Crippen molar-refractivity contribution >= 4 is 0 Å². The molecule has 3 heteroatoms. The molecule has 1 saturated heterocycles. The molecule has 1 fully saturated rings. The minimum absolute atomic E-state index is 0.222. The number of hydrogen-bond acceptors (Lipinski definition) is 3. The molecule has 0 spiro atoms. The third-order valence-electron chi connectivity index (χ3n) is 4.62. The van der Waals surface area contributed by atoms with Crippen LogP contribution in [0.25, 0.3) is 0 Å². The lowest BCUT2D eigenvalue weighted by Gasteiger charge is -2.41. The highest BCUT2D eigenvalue weighted by Crippen LogP contribution is 2.41. The van der Waals surface area contributed by atoms with Crippen LogP contribution in [0.5, 0.6) is 0 Å². The van der Waals surface area contributed by atoms with E-state index in [4.69, 9.17) is 0 Å². The summed E-state index contributed by atoms with van der Waals surface area (Å²) in [4.78, 5) is 6.54. The lowest BCUT2D eigenvalue weighted by atomic mass is 9.72. The Morgan fingerprint density at radius 1 is 1.05 bits per heavy atom. The quantitative estimate of drug-likeness (QED) is 0.940. The van der Waals surface area contributed by atoms with Gasteiger partial charge in [0, 0.05) is 18.0 Å². The van der Waals surface area contributed by atoms with Gasteiger partial charge in [0.05, 0.1) is 0 Å². The summed E-state index contributed by atoms with van der Waals surface area (Å²) in [6, 6.07) is 13.9. The minimum Gasteiger partial charge on any atom is -0.380 e. The van der Waals surface area contributed by atoms with E-state index in [2.05, 4.69) is 16.9 Å². The number of hydrogen-bond donors (Lipinski definition) is 1. The molecule has 0 saturated carbocycles. The highest BCUT2D eigenvalue weighted by atomic mass is 16.3. The van der Waals surface area contributed by atoms with Crippen LogP contribution in [-0.4, -0.2) is 35.1 Å². The first-order valence-corrected chi connectivity index (χ1v) is 7.58. The summed E-state index contributed by atoms with van der Waals surface area (Å²) in [5.41, 5.74) is 0.912. The van der Waals surface area contributed by atoms with Gasteiger partial charge in [0.25, 0.3) is 0 Å². The summed E-state index contributed by atoms with van der Waals surface area (Å²) in [5, 5.41) is 11.6. The van der Waals surface area contributed by atoms with E-state index in [0.717, 1.165) is 37.1 Å². The molecule has 1 aliphatic heterocycles. The Hall–Kier alpha value is -1.71. The molecule has 3 rings (SSSR count). The normalized spacial score (nSPS) is 20.1. The van der Waals surface area contributed by atoms with Crippen LogP contribution in [0.4, 0.5) is 0 Å².